The van der Waals surface area contributed by atoms with Gasteiger partial charge in [-0.05, 0) is 20.8 Å². The first-order valence-electron chi connectivity index (χ1n) is 4.80. The van der Waals surface area contributed by atoms with Gasteiger partial charge in [0.25, 0.3) is 0 Å². The molecule has 0 aromatic carbocycles. The molecule has 0 aliphatic rings. The van der Waals surface area contributed by atoms with Crippen LogP contribution in [-0.4, -0.2) is 45.0 Å². The van der Waals surface area contributed by atoms with Crippen LogP contribution < -0.4 is 10.6 Å². The van der Waals surface area contributed by atoms with Gasteiger partial charge in [0.15, 0.2) is 0 Å². The van der Waals surface area contributed by atoms with Crippen LogP contribution in [0.1, 0.15) is 20.8 Å². The number of carbonyl (C=O) groups is 1. The number of rotatable bonds is 5. The highest BCUT2D eigenvalue weighted by Gasteiger charge is 2.11. The smallest absolute Gasteiger partial charge is 0.234 e. The van der Waals surface area contributed by atoms with Crippen LogP contribution in [0.3, 0.4) is 0 Å². The molecule has 0 radical (unpaired) electrons. The zero-order chi connectivity index (χ0) is 12.1. The monoisotopic (exact) mass is 236 g/mol. The van der Waals surface area contributed by atoms with E-state index in [0.717, 1.165) is 6.26 Å². The lowest BCUT2D eigenvalue weighted by Crippen LogP contribution is -2.44. The summed E-state index contributed by atoms with van der Waals surface area (Å²) < 4.78 is 21.5. The standard InChI is InChI=1S/C9H20N2O3S/c1-9(2,3)11-7-8(12)10-5-6-15(4,13)14/h11H,5-7H2,1-4H3,(H,10,12). The van der Waals surface area contributed by atoms with Crippen LogP contribution in [0.5, 0.6) is 0 Å². The molecule has 6 heteroatoms. The minimum Gasteiger partial charge on any atom is -0.354 e. The molecule has 0 aliphatic carbocycles. The molecule has 0 rings (SSSR count). The van der Waals surface area contributed by atoms with Gasteiger partial charge in [-0.25, -0.2) is 8.42 Å². The Bertz CT molecular complexity index is 304. The highest BCUT2D eigenvalue weighted by atomic mass is 32.2. The Balaban J connectivity index is 3.69. The van der Waals surface area contributed by atoms with Crippen LogP contribution >= 0.6 is 0 Å². The molecule has 0 spiro atoms. The lowest BCUT2D eigenvalue weighted by molar-refractivity contribution is -0.120. The van der Waals surface area contributed by atoms with E-state index in [-0.39, 0.29) is 30.3 Å². The van der Waals surface area contributed by atoms with Gasteiger partial charge in [-0.15, -0.1) is 0 Å². The maximum atomic E-state index is 11.2. The van der Waals surface area contributed by atoms with E-state index in [0.29, 0.717) is 0 Å². The first-order chi connectivity index (χ1) is 6.60. The molecule has 15 heavy (non-hydrogen) atoms. The van der Waals surface area contributed by atoms with Crippen molar-refractivity contribution >= 4 is 15.7 Å². The van der Waals surface area contributed by atoms with Gasteiger partial charge in [0, 0.05) is 18.3 Å². The summed E-state index contributed by atoms with van der Waals surface area (Å²) in [5, 5.41) is 5.54. The maximum absolute atomic E-state index is 11.2. The summed E-state index contributed by atoms with van der Waals surface area (Å²) >= 11 is 0. The lowest BCUT2D eigenvalue weighted by Gasteiger charge is -2.19. The number of amides is 1. The van der Waals surface area contributed by atoms with Crippen molar-refractivity contribution in [3.05, 3.63) is 0 Å². The van der Waals surface area contributed by atoms with Gasteiger partial charge in [-0.1, -0.05) is 0 Å². The molecule has 90 valence electrons. The van der Waals surface area contributed by atoms with Crippen LogP contribution in [0.2, 0.25) is 0 Å². The molecule has 0 aromatic heterocycles. The third-order valence-electron chi connectivity index (χ3n) is 1.57. The van der Waals surface area contributed by atoms with Crippen LogP contribution in [0, 0.1) is 0 Å². The summed E-state index contributed by atoms with van der Waals surface area (Å²) in [4.78, 5) is 11.2. The Morgan fingerprint density at radius 3 is 2.20 bits per heavy atom. The minimum absolute atomic E-state index is 0.0196. The van der Waals surface area contributed by atoms with E-state index in [1.165, 1.54) is 0 Å². The van der Waals surface area contributed by atoms with Crippen molar-refractivity contribution in [2.45, 2.75) is 26.3 Å². The van der Waals surface area contributed by atoms with Crippen molar-refractivity contribution in [2.75, 3.05) is 25.1 Å². The van der Waals surface area contributed by atoms with E-state index in [2.05, 4.69) is 10.6 Å². The molecule has 2 N–H and O–H groups in total. The molecular formula is C9H20N2O3S. The molecule has 0 aliphatic heterocycles. The van der Waals surface area contributed by atoms with Gasteiger partial charge in [0.1, 0.15) is 9.84 Å². The Morgan fingerprint density at radius 1 is 1.27 bits per heavy atom. The molecule has 0 aromatic rings. The van der Waals surface area contributed by atoms with Crippen LogP contribution in [-0.2, 0) is 14.6 Å². The fourth-order valence-electron chi connectivity index (χ4n) is 0.784. The molecule has 0 atom stereocenters. The van der Waals surface area contributed by atoms with Gasteiger partial charge in [0.2, 0.25) is 5.91 Å². The summed E-state index contributed by atoms with van der Waals surface area (Å²) in [6.45, 7) is 6.24. The van der Waals surface area contributed by atoms with E-state index in [1.54, 1.807) is 0 Å². The molecule has 0 heterocycles. The number of sulfone groups is 1. The normalized spacial score (nSPS) is 12.5. The molecule has 0 saturated carbocycles. The minimum atomic E-state index is -3.00. The average Bonchev–Trinajstić information content (AvgIpc) is 1.97. The predicted molar refractivity (Wildman–Crippen MR) is 60.5 cm³/mol. The highest BCUT2D eigenvalue weighted by Crippen LogP contribution is 1.96. The zero-order valence-corrected chi connectivity index (χ0v) is 10.6. The number of hydrogen-bond acceptors (Lipinski definition) is 4. The van der Waals surface area contributed by atoms with Gasteiger partial charge in [0.05, 0.1) is 12.3 Å². The van der Waals surface area contributed by atoms with E-state index in [1.807, 2.05) is 20.8 Å². The third kappa shape index (κ3) is 11.3. The first-order valence-corrected chi connectivity index (χ1v) is 6.86. The van der Waals surface area contributed by atoms with Crippen molar-refractivity contribution in [3.8, 4) is 0 Å². The zero-order valence-electron chi connectivity index (χ0n) is 9.75. The number of hydrogen-bond donors (Lipinski definition) is 2. The molecule has 0 saturated heterocycles. The summed E-state index contributed by atoms with van der Waals surface area (Å²) in [6, 6.07) is 0. The maximum Gasteiger partial charge on any atom is 0.234 e. The van der Waals surface area contributed by atoms with Gasteiger partial charge < -0.3 is 10.6 Å². The van der Waals surface area contributed by atoms with E-state index < -0.39 is 9.84 Å². The van der Waals surface area contributed by atoms with Crippen LogP contribution in [0.4, 0.5) is 0 Å². The Kier molecular flexibility index (Phi) is 5.23. The Hall–Kier alpha value is -0.620. The van der Waals surface area contributed by atoms with Crippen molar-refractivity contribution in [2.24, 2.45) is 0 Å². The Labute approximate surface area is 91.5 Å². The lowest BCUT2D eigenvalue weighted by atomic mass is 10.1. The molecule has 0 unspecified atom stereocenters. The third-order valence-corrected chi connectivity index (χ3v) is 2.52. The molecule has 0 bridgehead atoms. The molecule has 5 nitrogen and oxygen atoms in total. The van der Waals surface area contributed by atoms with E-state index in [4.69, 9.17) is 0 Å². The molecular weight excluding hydrogens is 216 g/mol. The summed E-state index contributed by atoms with van der Waals surface area (Å²) in [6.07, 6.45) is 1.15. The fourth-order valence-corrected chi connectivity index (χ4v) is 1.26. The molecule has 0 fully saturated rings. The highest BCUT2D eigenvalue weighted by molar-refractivity contribution is 7.90. The Morgan fingerprint density at radius 2 is 1.80 bits per heavy atom. The second-order valence-electron chi connectivity index (χ2n) is 4.58. The fraction of sp³-hybridized carbons (Fsp3) is 0.889. The largest absolute Gasteiger partial charge is 0.354 e. The van der Waals surface area contributed by atoms with E-state index >= 15 is 0 Å². The van der Waals surface area contributed by atoms with Gasteiger partial charge in [-0.2, -0.15) is 0 Å². The molecule has 1 amide bonds. The topological polar surface area (TPSA) is 75.3 Å². The van der Waals surface area contributed by atoms with Crippen molar-refractivity contribution in [1.82, 2.24) is 10.6 Å². The first kappa shape index (κ1) is 14.4. The van der Waals surface area contributed by atoms with Crippen molar-refractivity contribution < 1.29 is 13.2 Å². The second kappa shape index (κ2) is 5.46. The van der Waals surface area contributed by atoms with Crippen molar-refractivity contribution in [3.63, 3.8) is 0 Å². The summed E-state index contributed by atoms with van der Waals surface area (Å²) in [5.74, 6) is -0.206. The predicted octanol–water partition coefficient (Wildman–Crippen LogP) is -0.465. The average molecular weight is 236 g/mol. The SMILES string of the molecule is CC(C)(C)NCC(=O)NCCS(C)(=O)=O. The van der Waals surface area contributed by atoms with Crippen LogP contribution in [0.15, 0.2) is 0 Å². The van der Waals surface area contributed by atoms with Gasteiger partial charge >= 0.3 is 0 Å². The van der Waals surface area contributed by atoms with E-state index in [9.17, 15) is 13.2 Å². The van der Waals surface area contributed by atoms with Crippen LogP contribution in [0.25, 0.3) is 0 Å². The number of carbonyl (C=O) groups excluding carboxylic acids is 1. The summed E-state index contributed by atoms with van der Waals surface area (Å²) in [7, 11) is -3.00. The number of nitrogens with one attached hydrogen (secondary N) is 2. The second-order valence-corrected chi connectivity index (χ2v) is 6.84. The van der Waals surface area contributed by atoms with Crippen molar-refractivity contribution in [1.29, 1.82) is 0 Å². The summed E-state index contributed by atoms with van der Waals surface area (Å²) in [5.41, 5.74) is -0.117. The van der Waals surface area contributed by atoms with Gasteiger partial charge in [-0.3, -0.25) is 4.79 Å². The quantitative estimate of drug-likeness (QED) is 0.677.